The Kier molecular flexibility index (Phi) is 7.38. The first-order valence-electron chi connectivity index (χ1n) is 10.2. The molecular weight excluding hydrogens is 393 g/mol. The first-order valence-corrected chi connectivity index (χ1v) is 10.2. The number of amides is 2. The van der Waals surface area contributed by atoms with Crippen molar-refractivity contribution in [3.63, 3.8) is 0 Å². The van der Waals surface area contributed by atoms with Crippen LogP contribution >= 0.6 is 0 Å². The highest BCUT2D eigenvalue weighted by molar-refractivity contribution is 5.90. The minimum absolute atomic E-state index is 0.159. The molecule has 160 valence electrons. The van der Waals surface area contributed by atoms with Crippen molar-refractivity contribution < 1.29 is 14.0 Å². The maximum Gasteiger partial charge on any atom is 0.225 e. The molecular formula is C25H26FN3O2. The number of hydrogen-bond acceptors (Lipinski definition) is 3. The van der Waals surface area contributed by atoms with E-state index >= 15 is 0 Å². The lowest BCUT2D eigenvalue weighted by atomic mass is 9.89. The Labute approximate surface area is 181 Å². The molecule has 3 aromatic carbocycles. The zero-order valence-corrected chi connectivity index (χ0v) is 17.2. The van der Waals surface area contributed by atoms with Crippen LogP contribution in [0.4, 0.5) is 15.8 Å². The SMILES string of the molecule is NC(=O)C(CCCCC(=O)Nc1ccc(F)cc1)c1cc(-c2ccccc2)ccc1N. The predicted octanol–water partition coefficient (Wildman–Crippen LogP) is 4.84. The summed E-state index contributed by atoms with van der Waals surface area (Å²) in [6.07, 6.45) is 2.03. The Morgan fingerprint density at radius 1 is 0.903 bits per heavy atom. The van der Waals surface area contributed by atoms with Gasteiger partial charge in [0.15, 0.2) is 0 Å². The summed E-state index contributed by atoms with van der Waals surface area (Å²) in [6.45, 7) is 0. The van der Waals surface area contributed by atoms with E-state index in [9.17, 15) is 14.0 Å². The molecule has 6 heteroatoms. The third-order valence-electron chi connectivity index (χ3n) is 5.19. The van der Waals surface area contributed by atoms with Crippen LogP contribution in [0.2, 0.25) is 0 Å². The highest BCUT2D eigenvalue weighted by atomic mass is 19.1. The lowest BCUT2D eigenvalue weighted by Gasteiger charge is -2.17. The Morgan fingerprint density at radius 2 is 1.61 bits per heavy atom. The molecule has 5 nitrogen and oxygen atoms in total. The smallest absolute Gasteiger partial charge is 0.225 e. The zero-order chi connectivity index (χ0) is 22.2. The van der Waals surface area contributed by atoms with Gasteiger partial charge in [-0.2, -0.15) is 0 Å². The fraction of sp³-hybridized carbons (Fsp3) is 0.200. The molecule has 1 atom stereocenters. The van der Waals surface area contributed by atoms with Crippen molar-refractivity contribution in [1.29, 1.82) is 0 Å². The molecule has 0 bridgehead atoms. The first-order chi connectivity index (χ1) is 14.9. The van der Waals surface area contributed by atoms with E-state index in [4.69, 9.17) is 11.5 Å². The van der Waals surface area contributed by atoms with Gasteiger partial charge in [-0.05, 0) is 65.9 Å². The van der Waals surface area contributed by atoms with Crippen LogP contribution in [0, 0.1) is 5.82 Å². The molecule has 0 heterocycles. The number of carbonyl (C=O) groups is 2. The van der Waals surface area contributed by atoms with E-state index in [-0.39, 0.29) is 11.7 Å². The van der Waals surface area contributed by atoms with Crippen LogP contribution in [0.25, 0.3) is 11.1 Å². The summed E-state index contributed by atoms with van der Waals surface area (Å²) >= 11 is 0. The lowest BCUT2D eigenvalue weighted by Crippen LogP contribution is -2.22. The summed E-state index contributed by atoms with van der Waals surface area (Å²) in [5.74, 6) is -1.48. The van der Waals surface area contributed by atoms with Crippen molar-refractivity contribution in [2.24, 2.45) is 5.73 Å². The van der Waals surface area contributed by atoms with Crippen LogP contribution in [0.5, 0.6) is 0 Å². The third kappa shape index (κ3) is 6.15. The Morgan fingerprint density at radius 3 is 2.29 bits per heavy atom. The number of benzene rings is 3. The van der Waals surface area contributed by atoms with Gasteiger partial charge in [-0.25, -0.2) is 4.39 Å². The van der Waals surface area contributed by atoms with Crippen LogP contribution in [-0.4, -0.2) is 11.8 Å². The Hall–Kier alpha value is -3.67. The van der Waals surface area contributed by atoms with Crippen LogP contribution in [0.15, 0.2) is 72.8 Å². The molecule has 0 aliphatic rings. The molecule has 3 rings (SSSR count). The molecule has 5 N–H and O–H groups in total. The van der Waals surface area contributed by atoms with Crippen LogP contribution in [0.1, 0.15) is 37.2 Å². The van der Waals surface area contributed by atoms with E-state index in [1.54, 1.807) is 6.07 Å². The van der Waals surface area contributed by atoms with Gasteiger partial charge in [0.1, 0.15) is 5.82 Å². The fourth-order valence-corrected chi connectivity index (χ4v) is 3.53. The van der Waals surface area contributed by atoms with Gasteiger partial charge in [0.25, 0.3) is 0 Å². The van der Waals surface area contributed by atoms with E-state index in [0.29, 0.717) is 42.6 Å². The molecule has 0 aromatic heterocycles. The van der Waals surface area contributed by atoms with E-state index in [0.717, 1.165) is 11.1 Å². The highest BCUT2D eigenvalue weighted by Gasteiger charge is 2.21. The van der Waals surface area contributed by atoms with Crippen molar-refractivity contribution in [1.82, 2.24) is 0 Å². The summed E-state index contributed by atoms with van der Waals surface area (Å²) in [4.78, 5) is 24.2. The monoisotopic (exact) mass is 419 g/mol. The highest BCUT2D eigenvalue weighted by Crippen LogP contribution is 2.31. The lowest BCUT2D eigenvalue weighted by molar-refractivity contribution is -0.119. The summed E-state index contributed by atoms with van der Waals surface area (Å²) in [6, 6.07) is 21.1. The van der Waals surface area contributed by atoms with Gasteiger partial charge in [-0.1, -0.05) is 42.8 Å². The molecule has 0 saturated carbocycles. The second kappa shape index (κ2) is 10.4. The van der Waals surface area contributed by atoms with Gasteiger partial charge in [0.2, 0.25) is 11.8 Å². The maximum absolute atomic E-state index is 12.9. The molecule has 0 saturated heterocycles. The van der Waals surface area contributed by atoms with E-state index in [1.807, 2.05) is 42.5 Å². The van der Waals surface area contributed by atoms with Crippen molar-refractivity contribution in [2.45, 2.75) is 31.6 Å². The van der Waals surface area contributed by atoms with Gasteiger partial charge < -0.3 is 16.8 Å². The van der Waals surface area contributed by atoms with Gasteiger partial charge in [-0.3, -0.25) is 9.59 Å². The summed E-state index contributed by atoms with van der Waals surface area (Å²) < 4.78 is 12.9. The average molecular weight is 420 g/mol. The molecule has 1 unspecified atom stereocenters. The van der Waals surface area contributed by atoms with Gasteiger partial charge in [0, 0.05) is 17.8 Å². The Bertz CT molecular complexity index is 1040. The quantitative estimate of drug-likeness (QED) is 0.342. The first kappa shape index (κ1) is 22.0. The molecule has 0 fully saturated rings. The standard InChI is InChI=1S/C25H26FN3O2/c26-19-11-13-20(14-12-19)29-24(30)9-5-4-8-21(25(28)31)22-16-18(10-15-23(22)27)17-6-2-1-3-7-17/h1-3,6-7,10-16,21H,4-5,8-9,27H2,(H2,28,31)(H,29,30). The molecule has 0 aliphatic heterocycles. The second-order valence-electron chi connectivity index (χ2n) is 7.47. The largest absolute Gasteiger partial charge is 0.398 e. The van der Waals surface area contributed by atoms with Crippen molar-refractivity contribution in [2.75, 3.05) is 11.1 Å². The van der Waals surface area contributed by atoms with Gasteiger partial charge in [0.05, 0.1) is 5.92 Å². The third-order valence-corrected chi connectivity index (χ3v) is 5.19. The number of primary amides is 1. The topological polar surface area (TPSA) is 98.2 Å². The molecule has 0 spiro atoms. The molecule has 0 radical (unpaired) electrons. The second-order valence-corrected chi connectivity index (χ2v) is 7.47. The minimum Gasteiger partial charge on any atom is -0.398 e. The molecule has 0 aliphatic carbocycles. The van der Waals surface area contributed by atoms with E-state index in [2.05, 4.69) is 5.32 Å². The number of halogens is 1. The summed E-state index contributed by atoms with van der Waals surface area (Å²) in [5.41, 5.74) is 15.6. The van der Waals surface area contributed by atoms with E-state index in [1.165, 1.54) is 24.3 Å². The van der Waals surface area contributed by atoms with Gasteiger partial charge >= 0.3 is 0 Å². The summed E-state index contributed by atoms with van der Waals surface area (Å²) in [7, 11) is 0. The number of hydrogen-bond donors (Lipinski definition) is 3. The molecule has 3 aromatic rings. The maximum atomic E-state index is 12.9. The fourth-order valence-electron chi connectivity index (χ4n) is 3.53. The van der Waals surface area contributed by atoms with Crippen molar-refractivity contribution in [3.8, 4) is 11.1 Å². The van der Waals surface area contributed by atoms with Gasteiger partial charge in [-0.15, -0.1) is 0 Å². The number of nitrogens with two attached hydrogens (primary N) is 2. The number of unbranched alkanes of at least 4 members (excludes halogenated alkanes) is 1. The normalized spacial score (nSPS) is 11.6. The van der Waals surface area contributed by atoms with E-state index < -0.39 is 11.8 Å². The van der Waals surface area contributed by atoms with Crippen LogP contribution < -0.4 is 16.8 Å². The number of nitrogen functional groups attached to an aromatic ring is 1. The van der Waals surface area contributed by atoms with Crippen LogP contribution in [-0.2, 0) is 9.59 Å². The van der Waals surface area contributed by atoms with Crippen molar-refractivity contribution in [3.05, 3.63) is 84.2 Å². The molecule has 2 amide bonds. The number of carbonyl (C=O) groups excluding carboxylic acids is 2. The average Bonchev–Trinajstić information content (AvgIpc) is 2.76. The zero-order valence-electron chi connectivity index (χ0n) is 17.2. The predicted molar refractivity (Wildman–Crippen MR) is 122 cm³/mol. The minimum atomic E-state index is -0.524. The Balaban J connectivity index is 1.59. The summed E-state index contributed by atoms with van der Waals surface area (Å²) in [5, 5.41) is 2.73. The molecule has 31 heavy (non-hydrogen) atoms. The number of nitrogens with one attached hydrogen (secondary N) is 1. The van der Waals surface area contributed by atoms with Crippen molar-refractivity contribution >= 4 is 23.2 Å². The number of rotatable bonds is 9. The van der Waals surface area contributed by atoms with Crippen LogP contribution in [0.3, 0.4) is 0 Å². The number of anilines is 2.